The molecule has 0 bridgehead atoms. The molecular weight excluding hydrogens is 342 g/mol. The average molecular weight is 365 g/mol. The highest BCUT2D eigenvalue weighted by molar-refractivity contribution is 5.65. The van der Waals surface area contributed by atoms with Gasteiger partial charge in [0.25, 0.3) is 0 Å². The molecule has 4 rings (SSSR count). The van der Waals surface area contributed by atoms with Crippen LogP contribution in [0.2, 0.25) is 0 Å². The standard InChI is InChI=1S/C20H23N5O2/c1-5-27-17-7-14(8-21-12(17)3)16-6-11(2)18-19(24-16)13(4)25(20(18)26)15-9-22-23-10-15/h6-10,13,20,26H,5H2,1-4H3,(H,22,23). The van der Waals surface area contributed by atoms with Crippen molar-refractivity contribution in [2.24, 2.45) is 0 Å². The molecule has 27 heavy (non-hydrogen) atoms. The van der Waals surface area contributed by atoms with Crippen LogP contribution >= 0.6 is 0 Å². The van der Waals surface area contributed by atoms with Crippen molar-refractivity contribution >= 4 is 5.69 Å². The van der Waals surface area contributed by atoms with E-state index in [0.29, 0.717) is 6.61 Å². The summed E-state index contributed by atoms with van der Waals surface area (Å²) < 4.78 is 5.68. The molecule has 0 aliphatic carbocycles. The van der Waals surface area contributed by atoms with Crippen molar-refractivity contribution in [1.82, 2.24) is 20.2 Å². The summed E-state index contributed by atoms with van der Waals surface area (Å²) >= 11 is 0. The van der Waals surface area contributed by atoms with E-state index in [1.165, 1.54) is 0 Å². The van der Waals surface area contributed by atoms with Gasteiger partial charge in [-0.25, -0.2) is 0 Å². The number of hydrogen-bond acceptors (Lipinski definition) is 6. The van der Waals surface area contributed by atoms with Gasteiger partial charge >= 0.3 is 0 Å². The Balaban J connectivity index is 1.78. The van der Waals surface area contributed by atoms with E-state index in [2.05, 4.69) is 15.2 Å². The van der Waals surface area contributed by atoms with Crippen LogP contribution in [0.25, 0.3) is 11.3 Å². The van der Waals surface area contributed by atoms with Crippen LogP contribution in [0.15, 0.2) is 30.7 Å². The number of aromatic amines is 1. The van der Waals surface area contributed by atoms with Gasteiger partial charge in [0.15, 0.2) is 6.23 Å². The van der Waals surface area contributed by atoms with Gasteiger partial charge in [0.05, 0.1) is 41.6 Å². The van der Waals surface area contributed by atoms with Gasteiger partial charge in [0.2, 0.25) is 0 Å². The highest BCUT2D eigenvalue weighted by Crippen LogP contribution is 2.44. The summed E-state index contributed by atoms with van der Waals surface area (Å²) in [4.78, 5) is 11.2. The fourth-order valence-corrected chi connectivity index (χ4v) is 3.70. The molecule has 7 nitrogen and oxygen atoms in total. The third kappa shape index (κ3) is 2.84. The van der Waals surface area contributed by atoms with Gasteiger partial charge in [-0.3, -0.25) is 15.1 Å². The first-order chi connectivity index (χ1) is 13.0. The minimum absolute atomic E-state index is 0.0731. The Labute approximate surface area is 158 Å². The van der Waals surface area contributed by atoms with Crippen LogP contribution in [-0.2, 0) is 0 Å². The van der Waals surface area contributed by atoms with Gasteiger partial charge in [0.1, 0.15) is 5.75 Å². The Kier molecular flexibility index (Phi) is 4.31. The number of ether oxygens (including phenoxy) is 1. The zero-order chi connectivity index (χ0) is 19.1. The molecule has 7 heteroatoms. The molecule has 3 aromatic heterocycles. The summed E-state index contributed by atoms with van der Waals surface area (Å²) in [5, 5.41) is 17.7. The minimum atomic E-state index is -0.746. The van der Waals surface area contributed by atoms with Gasteiger partial charge in [-0.05, 0) is 45.4 Å². The van der Waals surface area contributed by atoms with Crippen LogP contribution in [0, 0.1) is 13.8 Å². The number of nitrogens with one attached hydrogen (secondary N) is 1. The number of nitrogens with zero attached hydrogens (tertiary/aromatic N) is 4. The average Bonchev–Trinajstić information content (AvgIpc) is 3.24. The largest absolute Gasteiger partial charge is 0.492 e. The van der Waals surface area contributed by atoms with Crippen molar-refractivity contribution in [3.8, 4) is 17.0 Å². The summed E-state index contributed by atoms with van der Waals surface area (Å²) in [7, 11) is 0. The number of pyridine rings is 2. The van der Waals surface area contributed by atoms with Crippen LogP contribution in [-0.4, -0.2) is 31.9 Å². The second-order valence-electron chi connectivity index (χ2n) is 6.78. The predicted molar refractivity (Wildman–Crippen MR) is 103 cm³/mol. The molecule has 0 fully saturated rings. The van der Waals surface area contributed by atoms with Crippen LogP contribution < -0.4 is 9.64 Å². The normalized spacial score (nSPS) is 18.6. The highest BCUT2D eigenvalue weighted by Gasteiger charge is 2.38. The van der Waals surface area contributed by atoms with Crippen molar-refractivity contribution in [3.05, 3.63) is 53.2 Å². The molecule has 0 spiro atoms. The van der Waals surface area contributed by atoms with E-state index in [1.807, 2.05) is 50.9 Å². The number of anilines is 1. The van der Waals surface area contributed by atoms with Crippen molar-refractivity contribution in [2.75, 3.05) is 11.5 Å². The summed E-state index contributed by atoms with van der Waals surface area (Å²) in [5.74, 6) is 0.767. The predicted octanol–water partition coefficient (Wildman–Crippen LogP) is 3.45. The first-order valence-electron chi connectivity index (χ1n) is 9.07. The van der Waals surface area contributed by atoms with Crippen LogP contribution in [0.4, 0.5) is 5.69 Å². The van der Waals surface area contributed by atoms with E-state index < -0.39 is 6.23 Å². The van der Waals surface area contributed by atoms with Gasteiger partial charge < -0.3 is 14.7 Å². The third-order valence-corrected chi connectivity index (χ3v) is 5.05. The first kappa shape index (κ1) is 17.5. The van der Waals surface area contributed by atoms with E-state index in [0.717, 1.165) is 45.2 Å². The quantitative estimate of drug-likeness (QED) is 0.736. The second-order valence-corrected chi connectivity index (χ2v) is 6.78. The number of fused-ring (bicyclic) bond motifs is 1. The zero-order valence-corrected chi connectivity index (χ0v) is 15.9. The summed E-state index contributed by atoms with van der Waals surface area (Å²) in [5.41, 5.74) is 6.15. The summed E-state index contributed by atoms with van der Waals surface area (Å²) in [6.07, 6.45) is 4.56. The lowest BCUT2D eigenvalue weighted by Gasteiger charge is -2.25. The topological polar surface area (TPSA) is 87.2 Å². The third-order valence-electron chi connectivity index (χ3n) is 5.05. The fraction of sp³-hybridized carbons (Fsp3) is 0.350. The lowest BCUT2D eigenvalue weighted by atomic mass is 10.0. The lowest BCUT2D eigenvalue weighted by Crippen LogP contribution is -2.23. The number of aryl methyl sites for hydroxylation is 2. The van der Waals surface area contributed by atoms with E-state index in [4.69, 9.17) is 9.72 Å². The highest BCUT2D eigenvalue weighted by atomic mass is 16.5. The van der Waals surface area contributed by atoms with Crippen molar-refractivity contribution in [1.29, 1.82) is 0 Å². The number of aliphatic hydroxyl groups excluding tert-OH is 1. The van der Waals surface area contributed by atoms with Crippen LogP contribution in [0.1, 0.15) is 48.6 Å². The number of H-pyrrole nitrogens is 1. The Morgan fingerprint density at radius 3 is 2.78 bits per heavy atom. The van der Waals surface area contributed by atoms with Crippen LogP contribution in [0.5, 0.6) is 5.75 Å². The monoisotopic (exact) mass is 365 g/mol. The molecule has 2 atom stereocenters. The molecule has 0 amide bonds. The first-order valence-corrected chi connectivity index (χ1v) is 9.07. The number of aliphatic hydroxyl groups is 1. The number of hydrogen-bond donors (Lipinski definition) is 2. The van der Waals surface area contributed by atoms with E-state index >= 15 is 0 Å². The van der Waals surface area contributed by atoms with Gasteiger partial charge in [-0.15, -0.1) is 0 Å². The summed E-state index contributed by atoms with van der Waals surface area (Å²) in [6, 6.07) is 3.90. The zero-order valence-electron chi connectivity index (χ0n) is 15.9. The van der Waals surface area contributed by atoms with E-state index in [1.54, 1.807) is 12.4 Å². The van der Waals surface area contributed by atoms with Gasteiger partial charge in [-0.1, -0.05) is 0 Å². The Bertz CT molecular complexity index is 971. The smallest absolute Gasteiger partial charge is 0.156 e. The van der Waals surface area contributed by atoms with E-state index in [9.17, 15) is 5.11 Å². The molecule has 1 aliphatic heterocycles. The Morgan fingerprint density at radius 1 is 1.26 bits per heavy atom. The molecule has 1 aliphatic rings. The molecular formula is C20H23N5O2. The molecule has 4 heterocycles. The van der Waals surface area contributed by atoms with Crippen molar-refractivity contribution < 1.29 is 9.84 Å². The van der Waals surface area contributed by atoms with Crippen LogP contribution in [0.3, 0.4) is 0 Å². The number of aromatic nitrogens is 4. The fourth-order valence-electron chi connectivity index (χ4n) is 3.70. The Hall–Kier alpha value is -2.93. The molecule has 0 saturated heterocycles. The summed E-state index contributed by atoms with van der Waals surface area (Å²) in [6.45, 7) is 8.52. The number of rotatable bonds is 4. The second kappa shape index (κ2) is 6.66. The SMILES string of the molecule is CCOc1cc(-c2cc(C)c3c(n2)C(C)N(c2cn[nH]c2)C3O)cnc1C. The van der Waals surface area contributed by atoms with Crippen molar-refractivity contribution in [3.63, 3.8) is 0 Å². The lowest BCUT2D eigenvalue weighted by molar-refractivity contribution is 0.176. The maximum atomic E-state index is 10.9. The van der Waals surface area contributed by atoms with Gasteiger partial charge in [0, 0.05) is 23.5 Å². The molecule has 2 unspecified atom stereocenters. The Morgan fingerprint density at radius 2 is 2.07 bits per heavy atom. The molecule has 3 aromatic rings. The van der Waals surface area contributed by atoms with Gasteiger partial charge in [-0.2, -0.15) is 5.10 Å². The minimum Gasteiger partial charge on any atom is -0.492 e. The molecule has 0 aromatic carbocycles. The molecule has 0 saturated carbocycles. The maximum absolute atomic E-state index is 10.9. The molecule has 2 N–H and O–H groups in total. The van der Waals surface area contributed by atoms with E-state index in [-0.39, 0.29) is 6.04 Å². The van der Waals surface area contributed by atoms with Crippen molar-refractivity contribution in [2.45, 2.75) is 40.0 Å². The molecule has 140 valence electrons. The molecule has 0 radical (unpaired) electrons. The maximum Gasteiger partial charge on any atom is 0.156 e.